The minimum absolute atomic E-state index is 0.0400. The lowest BCUT2D eigenvalue weighted by atomic mass is 10.1. The first kappa shape index (κ1) is 17.4. The molecule has 132 valence electrons. The Morgan fingerprint density at radius 2 is 2.12 bits per heavy atom. The van der Waals surface area contributed by atoms with Gasteiger partial charge in [-0.3, -0.25) is 9.59 Å². The highest BCUT2D eigenvalue weighted by molar-refractivity contribution is 6.30. The van der Waals surface area contributed by atoms with Crippen LogP contribution >= 0.6 is 11.6 Å². The van der Waals surface area contributed by atoms with Crippen molar-refractivity contribution in [1.82, 2.24) is 20.4 Å². The van der Waals surface area contributed by atoms with Crippen molar-refractivity contribution in [2.24, 2.45) is 0 Å². The van der Waals surface area contributed by atoms with Gasteiger partial charge in [0.2, 0.25) is 17.7 Å². The van der Waals surface area contributed by atoms with E-state index in [0.717, 1.165) is 12.0 Å². The van der Waals surface area contributed by atoms with Crippen LogP contribution in [0.4, 0.5) is 0 Å². The number of rotatable bonds is 5. The largest absolute Gasteiger partial charge is 0.350 e. The van der Waals surface area contributed by atoms with Gasteiger partial charge in [0.15, 0.2) is 5.82 Å². The van der Waals surface area contributed by atoms with Gasteiger partial charge in [-0.25, -0.2) is 0 Å². The Hall–Kier alpha value is -2.41. The normalized spacial score (nSPS) is 16.9. The molecule has 0 spiro atoms. The molecule has 1 fully saturated rings. The molecule has 0 bridgehead atoms. The minimum Gasteiger partial charge on any atom is -0.350 e. The van der Waals surface area contributed by atoms with E-state index < -0.39 is 6.04 Å². The molecule has 3 rings (SSSR count). The number of hydrogen-bond donors (Lipinski definition) is 1. The van der Waals surface area contributed by atoms with Crippen LogP contribution < -0.4 is 5.32 Å². The van der Waals surface area contributed by atoms with Crippen molar-refractivity contribution in [3.8, 4) is 0 Å². The fraction of sp³-hybridized carbons (Fsp3) is 0.412. The lowest BCUT2D eigenvalue weighted by molar-refractivity contribution is -0.138. The van der Waals surface area contributed by atoms with Crippen LogP contribution in [0.15, 0.2) is 28.8 Å². The number of nitrogens with zero attached hydrogens (tertiary/aromatic N) is 3. The molecule has 1 N–H and O–H groups in total. The third-order valence-electron chi connectivity index (χ3n) is 4.13. The molecule has 1 unspecified atom stereocenters. The second kappa shape index (κ2) is 7.65. The van der Waals surface area contributed by atoms with Gasteiger partial charge in [-0.1, -0.05) is 28.9 Å². The Bertz CT molecular complexity index is 760. The first-order chi connectivity index (χ1) is 12.0. The highest BCUT2D eigenvalue weighted by Crippen LogP contribution is 2.19. The molecule has 1 saturated heterocycles. The molecule has 0 radical (unpaired) electrons. The summed E-state index contributed by atoms with van der Waals surface area (Å²) in [5, 5.41) is 7.27. The van der Waals surface area contributed by atoms with E-state index in [4.69, 9.17) is 16.1 Å². The Morgan fingerprint density at radius 3 is 2.80 bits per heavy atom. The number of halogens is 1. The van der Waals surface area contributed by atoms with Crippen LogP contribution in [-0.4, -0.2) is 39.4 Å². The molecule has 8 heteroatoms. The standard InChI is InChI=1S/C17H19ClN4O3/c1-11-20-15(21-25-11)9-16(23)22-8-2-3-14(22)17(24)19-10-12-4-6-13(18)7-5-12/h4-7,14H,2-3,8-10H2,1H3,(H,19,24). The third-order valence-corrected chi connectivity index (χ3v) is 4.39. The molecule has 25 heavy (non-hydrogen) atoms. The van der Waals surface area contributed by atoms with Crippen LogP contribution in [0.1, 0.15) is 30.1 Å². The van der Waals surface area contributed by atoms with Crippen LogP contribution in [0.3, 0.4) is 0 Å². The molecular formula is C17H19ClN4O3. The molecule has 7 nitrogen and oxygen atoms in total. The summed E-state index contributed by atoms with van der Waals surface area (Å²) in [4.78, 5) is 30.6. The topological polar surface area (TPSA) is 88.3 Å². The Kier molecular flexibility index (Phi) is 5.33. The number of nitrogens with one attached hydrogen (secondary N) is 1. The molecule has 2 heterocycles. The van der Waals surface area contributed by atoms with Crippen molar-refractivity contribution in [2.75, 3.05) is 6.54 Å². The zero-order valence-electron chi connectivity index (χ0n) is 13.9. The van der Waals surface area contributed by atoms with Crippen molar-refractivity contribution in [1.29, 1.82) is 0 Å². The first-order valence-corrected chi connectivity index (χ1v) is 8.51. The van der Waals surface area contributed by atoms with E-state index >= 15 is 0 Å². The van der Waals surface area contributed by atoms with E-state index in [1.807, 2.05) is 12.1 Å². The fourth-order valence-electron chi connectivity index (χ4n) is 2.90. The molecule has 0 aliphatic carbocycles. The maximum absolute atomic E-state index is 12.5. The van der Waals surface area contributed by atoms with Crippen molar-refractivity contribution in [3.63, 3.8) is 0 Å². The average Bonchev–Trinajstić information content (AvgIpc) is 3.23. The number of benzene rings is 1. The average molecular weight is 363 g/mol. The maximum atomic E-state index is 12.5. The van der Waals surface area contributed by atoms with Crippen LogP contribution in [0.25, 0.3) is 0 Å². The summed E-state index contributed by atoms with van der Waals surface area (Å²) in [6.45, 7) is 2.64. The van der Waals surface area contributed by atoms with Gasteiger partial charge in [0, 0.05) is 25.0 Å². The smallest absolute Gasteiger partial charge is 0.243 e. The van der Waals surface area contributed by atoms with E-state index in [0.29, 0.717) is 36.2 Å². The highest BCUT2D eigenvalue weighted by atomic mass is 35.5. The van der Waals surface area contributed by atoms with Crippen LogP contribution in [0.2, 0.25) is 5.02 Å². The number of amides is 2. The zero-order valence-corrected chi connectivity index (χ0v) is 14.6. The van der Waals surface area contributed by atoms with Crippen LogP contribution in [-0.2, 0) is 22.6 Å². The molecular weight excluding hydrogens is 344 g/mol. The van der Waals surface area contributed by atoms with Crippen LogP contribution in [0.5, 0.6) is 0 Å². The van der Waals surface area contributed by atoms with Gasteiger partial charge in [-0.05, 0) is 30.5 Å². The number of carbonyl (C=O) groups is 2. The summed E-state index contributed by atoms with van der Waals surface area (Å²) in [5.41, 5.74) is 0.955. The molecule has 2 aromatic rings. The van der Waals surface area contributed by atoms with Crippen molar-refractivity contribution in [2.45, 2.75) is 38.8 Å². The Labute approximate surface area is 150 Å². The monoisotopic (exact) mass is 362 g/mol. The molecule has 1 atom stereocenters. The summed E-state index contributed by atoms with van der Waals surface area (Å²) in [7, 11) is 0. The molecule has 1 aliphatic rings. The summed E-state index contributed by atoms with van der Waals surface area (Å²) in [5.74, 6) is 0.450. The van der Waals surface area contributed by atoms with Gasteiger partial charge < -0.3 is 14.7 Å². The lowest BCUT2D eigenvalue weighted by Crippen LogP contribution is -2.46. The predicted molar refractivity (Wildman–Crippen MR) is 90.8 cm³/mol. The lowest BCUT2D eigenvalue weighted by Gasteiger charge is -2.23. The van der Waals surface area contributed by atoms with E-state index in [1.54, 1.807) is 24.0 Å². The van der Waals surface area contributed by atoms with Gasteiger partial charge >= 0.3 is 0 Å². The van der Waals surface area contributed by atoms with Crippen molar-refractivity contribution >= 4 is 23.4 Å². The van der Waals surface area contributed by atoms with E-state index in [1.165, 1.54) is 0 Å². The van der Waals surface area contributed by atoms with Crippen molar-refractivity contribution in [3.05, 3.63) is 46.6 Å². The molecule has 1 aromatic heterocycles. The second-order valence-electron chi connectivity index (χ2n) is 6.00. The summed E-state index contributed by atoms with van der Waals surface area (Å²) in [6.07, 6.45) is 1.50. The van der Waals surface area contributed by atoms with Gasteiger partial charge in [0.25, 0.3) is 0 Å². The minimum atomic E-state index is -0.451. The number of aromatic nitrogens is 2. The van der Waals surface area contributed by atoms with Gasteiger partial charge in [-0.2, -0.15) is 4.98 Å². The van der Waals surface area contributed by atoms with Gasteiger partial charge in [0.05, 0.1) is 6.42 Å². The molecule has 1 aliphatic heterocycles. The van der Waals surface area contributed by atoms with Gasteiger partial charge in [0.1, 0.15) is 6.04 Å². The number of hydrogen-bond acceptors (Lipinski definition) is 5. The third kappa shape index (κ3) is 4.36. The van der Waals surface area contributed by atoms with E-state index in [-0.39, 0.29) is 18.2 Å². The van der Waals surface area contributed by atoms with E-state index in [2.05, 4.69) is 15.5 Å². The zero-order chi connectivity index (χ0) is 17.8. The summed E-state index contributed by atoms with van der Waals surface area (Å²) in [6, 6.07) is 6.83. The SMILES string of the molecule is Cc1nc(CC(=O)N2CCCC2C(=O)NCc2ccc(Cl)cc2)no1. The Balaban J connectivity index is 1.57. The highest BCUT2D eigenvalue weighted by Gasteiger charge is 2.34. The molecule has 0 saturated carbocycles. The number of carbonyl (C=O) groups excluding carboxylic acids is 2. The number of likely N-dealkylation sites (tertiary alicyclic amines) is 1. The van der Waals surface area contributed by atoms with Crippen LogP contribution in [0, 0.1) is 6.92 Å². The van der Waals surface area contributed by atoms with Gasteiger partial charge in [-0.15, -0.1) is 0 Å². The fourth-order valence-corrected chi connectivity index (χ4v) is 3.02. The second-order valence-corrected chi connectivity index (χ2v) is 6.43. The van der Waals surface area contributed by atoms with Crippen molar-refractivity contribution < 1.29 is 14.1 Å². The number of aryl methyl sites for hydroxylation is 1. The summed E-state index contributed by atoms with van der Waals surface area (Å²) >= 11 is 5.85. The summed E-state index contributed by atoms with van der Waals surface area (Å²) < 4.78 is 4.88. The molecule has 1 aromatic carbocycles. The molecule has 2 amide bonds. The van der Waals surface area contributed by atoms with E-state index in [9.17, 15) is 9.59 Å². The maximum Gasteiger partial charge on any atom is 0.243 e. The quantitative estimate of drug-likeness (QED) is 0.877. The predicted octanol–water partition coefficient (Wildman–Crippen LogP) is 1.88. The Morgan fingerprint density at radius 1 is 1.36 bits per heavy atom. The first-order valence-electron chi connectivity index (χ1n) is 8.14.